The summed E-state index contributed by atoms with van der Waals surface area (Å²) in [4.78, 5) is 23.1. The van der Waals surface area contributed by atoms with Crippen LogP contribution in [0.3, 0.4) is 0 Å². The molecule has 0 aliphatic heterocycles. The summed E-state index contributed by atoms with van der Waals surface area (Å²) < 4.78 is 79.6. The molecule has 4 aromatic heterocycles. The molecule has 5 rings (SSSR count). The first kappa shape index (κ1) is 25.0. The summed E-state index contributed by atoms with van der Waals surface area (Å²) in [5.74, 6) is -1.28. The quantitative estimate of drug-likeness (QED) is 0.255. The highest BCUT2D eigenvalue weighted by Gasteiger charge is 2.31. The number of carbonyl (C=O) groups is 1. The Morgan fingerprint density at radius 3 is 2.55 bits per heavy atom. The van der Waals surface area contributed by atoms with Crippen LogP contribution in [0.4, 0.5) is 32.0 Å². The molecule has 1 aromatic carbocycles. The van der Waals surface area contributed by atoms with Crippen LogP contribution >= 0.6 is 0 Å². The second-order valence-corrected chi connectivity index (χ2v) is 8.33. The van der Waals surface area contributed by atoms with Gasteiger partial charge in [-0.25, -0.2) is 14.1 Å². The van der Waals surface area contributed by atoms with Gasteiger partial charge in [0, 0.05) is 40.7 Å². The topological polar surface area (TPSA) is 88.5 Å². The highest BCUT2D eigenvalue weighted by atomic mass is 19.4. The molecule has 0 saturated heterocycles. The third kappa shape index (κ3) is 5.21. The SMILES string of the molecule is O=C(Cc1ccc(-c2cnc3[nH]c(-c4cnn(C(F)F)c4)cc3c2)c(F)c1)Nc1cncc(C(F)(F)F)c1. The summed E-state index contributed by atoms with van der Waals surface area (Å²) in [7, 11) is 0. The van der Waals surface area contributed by atoms with Gasteiger partial charge in [-0.15, -0.1) is 0 Å². The lowest BCUT2D eigenvalue weighted by atomic mass is 10.0. The van der Waals surface area contributed by atoms with Crippen LogP contribution in [0.15, 0.2) is 67.4 Å². The van der Waals surface area contributed by atoms with Crippen LogP contribution in [-0.2, 0) is 17.4 Å². The van der Waals surface area contributed by atoms with Crippen molar-refractivity contribution < 1.29 is 31.1 Å². The Kier molecular flexibility index (Phi) is 6.35. The molecule has 0 fully saturated rings. The minimum Gasteiger partial charge on any atom is -0.339 e. The smallest absolute Gasteiger partial charge is 0.339 e. The zero-order valence-electron chi connectivity index (χ0n) is 19.1. The van der Waals surface area contributed by atoms with E-state index in [1.807, 2.05) is 0 Å². The van der Waals surface area contributed by atoms with E-state index in [2.05, 4.69) is 25.4 Å². The number of halogens is 6. The van der Waals surface area contributed by atoms with Gasteiger partial charge in [0.25, 0.3) is 0 Å². The first-order valence-corrected chi connectivity index (χ1v) is 11.0. The van der Waals surface area contributed by atoms with Gasteiger partial charge in [0.2, 0.25) is 5.91 Å². The van der Waals surface area contributed by atoms with Crippen LogP contribution in [0.2, 0.25) is 0 Å². The van der Waals surface area contributed by atoms with Crippen LogP contribution in [0.25, 0.3) is 33.4 Å². The van der Waals surface area contributed by atoms with E-state index in [0.29, 0.717) is 44.3 Å². The molecule has 0 bridgehead atoms. The molecule has 0 spiro atoms. The van der Waals surface area contributed by atoms with E-state index in [4.69, 9.17) is 0 Å². The molecular formula is C25H16F6N6O. The fourth-order valence-corrected chi connectivity index (χ4v) is 3.86. The Hall–Kier alpha value is -4.68. The summed E-state index contributed by atoms with van der Waals surface area (Å²) in [6.45, 7) is -2.77. The molecule has 0 unspecified atom stereocenters. The van der Waals surface area contributed by atoms with Gasteiger partial charge in [-0.3, -0.25) is 9.78 Å². The molecular weight excluding hydrogens is 514 g/mol. The Morgan fingerprint density at radius 2 is 1.84 bits per heavy atom. The number of alkyl halides is 5. The maximum absolute atomic E-state index is 15.0. The first-order valence-electron chi connectivity index (χ1n) is 11.0. The predicted molar refractivity (Wildman–Crippen MR) is 126 cm³/mol. The molecule has 13 heteroatoms. The molecule has 4 heterocycles. The van der Waals surface area contributed by atoms with Gasteiger partial charge in [-0.2, -0.15) is 27.1 Å². The highest BCUT2D eigenvalue weighted by Crippen LogP contribution is 2.31. The van der Waals surface area contributed by atoms with Crippen molar-refractivity contribution in [1.29, 1.82) is 0 Å². The van der Waals surface area contributed by atoms with Crippen molar-refractivity contribution in [2.24, 2.45) is 0 Å². The zero-order valence-corrected chi connectivity index (χ0v) is 19.1. The summed E-state index contributed by atoms with van der Waals surface area (Å²) >= 11 is 0. The highest BCUT2D eigenvalue weighted by molar-refractivity contribution is 5.92. The average molecular weight is 530 g/mol. The molecule has 0 aliphatic rings. The Labute approximate surface area is 210 Å². The minimum atomic E-state index is -4.61. The first-order chi connectivity index (χ1) is 18.1. The van der Waals surface area contributed by atoms with Gasteiger partial charge in [-0.1, -0.05) is 12.1 Å². The number of amides is 1. The summed E-state index contributed by atoms with van der Waals surface area (Å²) in [6, 6.07) is 8.25. The van der Waals surface area contributed by atoms with Crippen molar-refractivity contribution >= 4 is 22.6 Å². The normalized spacial score (nSPS) is 11.9. The number of benzene rings is 1. The van der Waals surface area contributed by atoms with Gasteiger partial charge < -0.3 is 10.3 Å². The van der Waals surface area contributed by atoms with Gasteiger partial charge >= 0.3 is 12.7 Å². The fraction of sp³-hybridized carbons (Fsp3) is 0.120. The van der Waals surface area contributed by atoms with Crippen molar-refractivity contribution in [1.82, 2.24) is 24.7 Å². The van der Waals surface area contributed by atoms with Crippen LogP contribution in [0, 0.1) is 5.82 Å². The number of H-pyrrole nitrogens is 1. The van der Waals surface area contributed by atoms with Crippen molar-refractivity contribution in [2.45, 2.75) is 19.1 Å². The number of hydrogen-bond donors (Lipinski definition) is 2. The monoisotopic (exact) mass is 530 g/mol. The van der Waals surface area contributed by atoms with E-state index in [-0.39, 0.29) is 17.7 Å². The Balaban J connectivity index is 1.32. The largest absolute Gasteiger partial charge is 0.417 e. The van der Waals surface area contributed by atoms with E-state index in [1.165, 1.54) is 30.7 Å². The van der Waals surface area contributed by atoms with E-state index in [1.54, 1.807) is 12.1 Å². The lowest BCUT2D eigenvalue weighted by molar-refractivity contribution is -0.137. The maximum atomic E-state index is 15.0. The van der Waals surface area contributed by atoms with Gasteiger partial charge in [0.15, 0.2) is 0 Å². The van der Waals surface area contributed by atoms with Gasteiger partial charge in [-0.05, 0) is 29.8 Å². The third-order valence-corrected chi connectivity index (χ3v) is 5.64. The average Bonchev–Trinajstić information content (AvgIpc) is 3.51. The zero-order chi connectivity index (χ0) is 27.0. The molecule has 0 saturated carbocycles. The number of hydrogen-bond acceptors (Lipinski definition) is 4. The molecule has 0 radical (unpaired) electrons. The molecule has 2 N–H and O–H groups in total. The van der Waals surface area contributed by atoms with Crippen molar-refractivity contribution in [2.75, 3.05) is 5.32 Å². The predicted octanol–water partition coefficient (Wildman–Crippen LogP) is 6.22. The van der Waals surface area contributed by atoms with Crippen molar-refractivity contribution in [3.63, 3.8) is 0 Å². The van der Waals surface area contributed by atoms with E-state index < -0.39 is 30.0 Å². The molecule has 194 valence electrons. The number of pyridine rings is 2. The summed E-state index contributed by atoms with van der Waals surface area (Å²) in [5, 5.41) is 6.54. The standard InChI is InChI=1S/C25H16F6N6O/c26-20-3-13(4-22(38)35-18-7-17(10-32-11-18)25(29,30)31)1-2-19(20)15-5-14-6-21(36-23(14)33-8-15)16-9-34-37(12-16)24(27)28/h1-3,5-12,24H,4H2,(H,33,36)(H,35,38). The third-order valence-electron chi connectivity index (χ3n) is 5.64. The van der Waals surface area contributed by atoms with Gasteiger partial charge in [0.1, 0.15) is 11.5 Å². The number of aromatic amines is 1. The number of aromatic nitrogens is 5. The van der Waals surface area contributed by atoms with E-state index >= 15 is 0 Å². The second-order valence-electron chi connectivity index (χ2n) is 8.33. The van der Waals surface area contributed by atoms with Crippen LogP contribution in [0.5, 0.6) is 0 Å². The molecule has 1 amide bonds. The van der Waals surface area contributed by atoms with Crippen LogP contribution < -0.4 is 5.32 Å². The molecule has 38 heavy (non-hydrogen) atoms. The van der Waals surface area contributed by atoms with Crippen molar-refractivity contribution in [3.05, 3.63) is 84.3 Å². The number of nitrogens with one attached hydrogen (secondary N) is 2. The maximum Gasteiger partial charge on any atom is 0.417 e. The van der Waals surface area contributed by atoms with Crippen LogP contribution in [0.1, 0.15) is 17.7 Å². The Morgan fingerprint density at radius 1 is 1.03 bits per heavy atom. The second kappa shape index (κ2) is 9.65. The number of anilines is 1. The minimum absolute atomic E-state index is 0.131. The number of rotatable bonds is 6. The van der Waals surface area contributed by atoms with Crippen molar-refractivity contribution in [3.8, 4) is 22.4 Å². The van der Waals surface area contributed by atoms with Crippen LogP contribution in [-0.4, -0.2) is 30.6 Å². The number of carbonyl (C=O) groups excluding carboxylic acids is 1. The number of fused-ring (bicyclic) bond motifs is 1. The summed E-state index contributed by atoms with van der Waals surface area (Å²) in [6.07, 6.45) is 0.756. The fourth-order valence-electron chi connectivity index (χ4n) is 3.86. The van der Waals surface area contributed by atoms with Gasteiger partial charge in [0.05, 0.1) is 35.8 Å². The molecule has 0 atom stereocenters. The lowest BCUT2D eigenvalue weighted by Crippen LogP contribution is -2.15. The lowest BCUT2D eigenvalue weighted by Gasteiger charge is -2.10. The van der Waals surface area contributed by atoms with E-state index in [9.17, 15) is 31.1 Å². The summed E-state index contributed by atoms with van der Waals surface area (Å²) in [5.41, 5.74) is 1.22. The molecule has 0 aliphatic carbocycles. The Bertz CT molecular complexity index is 1640. The molecule has 5 aromatic rings. The number of nitrogens with zero attached hydrogens (tertiary/aromatic N) is 4. The molecule has 7 nitrogen and oxygen atoms in total. The van der Waals surface area contributed by atoms with E-state index in [0.717, 1.165) is 18.3 Å².